The van der Waals surface area contributed by atoms with Gasteiger partial charge in [-0.15, -0.1) is 0 Å². The molecule has 0 aliphatic rings. The normalized spacial score (nSPS) is 10.8. The average Bonchev–Trinajstić information content (AvgIpc) is 2.94. The molecule has 0 fully saturated rings. The van der Waals surface area contributed by atoms with Gasteiger partial charge in [0.05, 0.1) is 13.7 Å². The number of carbonyl (C=O) groups excluding carboxylic acids is 3. The molecule has 0 amide bonds. The van der Waals surface area contributed by atoms with Gasteiger partial charge in [-0.1, -0.05) is 89.3 Å². The van der Waals surface area contributed by atoms with E-state index in [-0.39, 0.29) is 29.5 Å². The van der Waals surface area contributed by atoms with Gasteiger partial charge in [0.15, 0.2) is 0 Å². The summed E-state index contributed by atoms with van der Waals surface area (Å²) in [5.74, 6) is -1.62. The van der Waals surface area contributed by atoms with Crippen LogP contribution in [0.25, 0.3) is 0 Å². The Kier molecular flexibility index (Phi) is 22.0. The van der Waals surface area contributed by atoms with Gasteiger partial charge in [-0.2, -0.15) is 0 Å². The second kappa shape index (κ2) is 23.0. The van der Waals surface area contributed by atoms with E-state index in [1.54, 1.807) is 13.8 Å². The molecule has 8 heteroatoms. The Labute approximate surface area is 239 Å². The molecule has 0 bridgehead atoms. The number of rotatable bonds is 14. The summed E-state index contributed by atoms with van der Waals surface area (Å²) in [6, 6.07) is 9.55. The summed E-state index contributed by atoms with van der Waals surface area (Å²) < 4.78 is 14.5. The standard InChI is InChI=1S/C12H22O2.C11H12O2.C9H12O4/c1-5-7-8-11(6-2)9-14-12(13)10(3)4;1-9(2)11(12)13-8-10-6-4-3-5-7-10;1-6(8(10)11)4-5-7(2)9(12)13-3/h11H,3,5-9H2,1-2,4H3;3-7H,1,8H2,2H3;4H,2,5H2,1,3H3,(H,10,11). The van der Waals surface area contributed by atoms with E-state index < -0.39 is 11.9 Å². The lowest BCUT2D eigenvalue weighted by Crippen LogP contribution is -2.14. The van der Waals surface area contributed by atoms with E-state index in [1.807, 2.05) is 30.3 Å². The zero-order valence-electron chi connectivity index (χ0n) is 24.9. The van der Waals surface area contributed by atoms with Gasteiger partial charge in [0.25, 0.3) is 0 Å². The lowest BCUT2D eigenvalue weighted by atomic mass is 10.0. The first-order valence-electron chi connectivity index (χ1n) is 13.2. The lowest BCUT2D eigenvalue weighted by molar-refractivity contribution is -0.141. The minimum absolute atomic E-state index is 0.185. The maximum atomic E-state index is 11.1. The van der Waals surface area contributed by atoms with E-state index >= 15 is 0 Å². The molecule has 222 valence electrons. The lowest BCUT2D eigenvalue weighted by Gasteiger charge is -2.14. The van der Waals surface area contributed by atoms with Gasteiger partial charge in [-0.3, -0.25) is 0 Å². The minimum atomic E-state index is -1.00. The smallest absolute Gasteiger partial charge is 0.333 e. The molecular formula is C32H46O8. The molecule has 0 heterocycles. The van der Waals surface area contributed by atoms with Crippen molar-refractivity contribution in [2.45, 2.75) is 73.3 Å². The zero-order chi connectivity index (χ0) is 31.1. The van der Waals surface area contributed by atoms with Crippen molar-refractivity contribution in [1.82, 2.24) is 0 Å². The Morgan fingerprint density at radius 3 is 1.90 bits per heavy atom. The number of unbranched alkanes of at least 4 members (excludes halogenated alkanes) is 1. The highest BCUT2D eigenvalue weighted by Gasteiger charge is 2.10. The molecule has 0 aliphatic carbocycles. The third kappa shape index (κ3) is 20.1. The largest absolute Gasteiger partial charge is 0.478 e. The summed E-state index contributed by atoms with van der Waals surface area (Å²) in [5.41, 5.74) is 2.32. The van der Waals surface area contributed by atoms with Crippen LogP contribution in [0.2, 0.25) is 0 Å². The SMILES string of the molecule is C=C(C)C(=O)OCC(CC)CCCC.C=C(C)C(=O)OCc1ccccc1.C=C(CC=C(C)C(=O)O)C(=O)OC. The third-order valence-corrected chi connectivity index (χ3v) is 5.37. The van der Waals surface area contributed by atoms with E-state index in [0.717, 1.165) is 18.4 Å². The number of hydrogen-bond acceptors (Lipinski definition) is 7. The van der Waals surface area contributed by atoms with Gasteiger partial charge >= 0.3 is 23.9 Å². The van der Waals surface area contributed by atoms with Gasteiger partial charge in [0.1, 0.15) is 6.61 Å². The van der Waals surface area contributed by atoms with Crippen LogP contribution in [0, 0.1) is 5.92 Å². The van der Waals surface area contributed by atoms with Crippen LogP contribution in [0.5, 0.6) is 0 Å². The molecule has 0 aromatic heterocycles. The van der Waals surface area contributed by atoms with E-state index in [1.165, 1.54) is 33.0 Å². The molecule has 1 unspecified atom stereocenters. The Balaban J connectivity index is 0. The van der Waals surface area contributed by atoms with E-state index in [2.05, 4.69) is 38.3 Å². The molecule has 40 heavy (non-hydrogen) atoms. The molecule has 1 aromatic rings. The highest BCUT2D eigenvalue weighted by atomic mass is 16.5. The van der Waals surface area contributed by atoms with Crippen LogP contribution in [0.4, 0.5) is 0 Å². The number of carboxylic acid groups (broad SMARTS) is 1. The third-order valence-electron chi connectivity index (χ3n) is 5.37. The first kappa shape index (κ1) is 38.2. The van der Waals surface area contributed by atoms with Crippen molar-refractivity contribution >= 4 is 23.9 Å². The van der Waals surface area contributed by atoms with Gasteiger partial charge in [0, 0.05) is 22.3 Å². The van der Waals surface area contributed by atoms with Gasteiger partial charge < -0.3 is 19.3 Å². The highest BCUT2D eigenvalue weighted by molar-refractivity contribution is 5.89. The van der Waals surface area contributed by atoms with Crippen LogP contribution >= 0.6 is 0 Å². The Morgan fingerprint density at radius 2 is 1.45 bits per heavy atom. The molecule has 0 radical (unpaired) electrons. The number of benzene rings is 1. The van der Waals surface area contributed by atoms with E-state index in [0.29, 0.717) is 30.3 Å². The van der Waals surface area contributed by atoms with Crippen molar-refractivity contribution in [2.75, 3.05) is 13.7 Å². The minimum Gasteiger partial charge on any atom is -0.478 e. The van der Waals surface area contributed by atoms with E-state index in [9.17, 15) is 19.2 Å². The fourth-order valence-electron chi connectivity index (χ4n) is 2.65. The topological polar surface area (TPSA) is 116 Å². The second-order valence-electron chi connectivity index (χ2n) is 9.13. The molecule has 8 nitrogen and oxygen atoms in total. The molecular weight excluding hydrogens is 512 g/mol. The number of carboxylic acids is 1. The summed E-state index contributed by atoms with van der Waals surface area (Å²) in [5, 5.41) is 8.48. The summed E-state index contributed by atoms with van der Waals surface area (Å²) >= 11 is 0. The Bertz CT molecular complexity index is 1010. The van der Waals surface area contributed by atoms with Crippen molar-refractivity contribution in [3.05, 3.63) is 84.0 Å². The zero-order valence-corrected chi connectivity index (χ0v) is 24.9. The predicted molar refractivity (Wildman–Crippen MR) is 157 cm³/mol. The van der Waals surface area contributed by atoms with Crippen LogP contribution in [0.15, 0.2) is 78.4 Å². The maximum absolute atomic E-state index is 11.1. The number of ether oxygens (including phenoxy) is 3. The summed E-state index contributed by atoms with van der Waals surface area (Å²) in [7, 11) is 1.25. The second-order valence-corrected chi connectivity index (χ2v) is 9.13. The van der Waals surface area contributed by atoms with Gasteiger partial charge in [0.2, 0.25) is 0 Å². The summed E-state index contributed by atoms with van der Waals surface area (Å²) in [6.07, 6.45) is 6.25. The molecule has 0 spiro atoms. The molecule has 1 rings (SSSR count). The molecule has 0 aliphatic heterocycles. The van der Waals surface area contributed by atoms with Gasteiger partial charge in [-0.25, -0.2) is 19.2 Å². The van der Waals surface area contributed by atoms with Crippen LogP contribution < -0.4 is 0 Å². The number of esters is 3. The summed E-state index contributed by atoms with van der Waals surface area (Å²) in [4.78, 5) is 43.2. The first-order valence-corrected chi connectivity index (χ1v) is 13.2. The highest BCUT2D eigenvalue weighted by Crippen LogP contribution is 2.13. The van der Waals surface area contributed by atoms with Crippen LogP contribution in [0.1, 0.15) is 72.3 Å². The quantitative estimate of drug-likeness (QED) is 0.151. The predicted octanol–water partition coefficient (Wildman–Crippen LogP) is 6.76. The number of aliphatic carboxylic acids is 1. The van der Waals surface area contributed by atoms with Crippen LogP contribution in [-0.4, -0.2) is 42.7 Å². The monoisotopic (exact) mass is 558 g/mol. The van der Waals surface area contributed by atoms with E-state index in [4.69, 9.17) is 14.6 Å². The van der Waals surface area contributed by atoms with Crippen molar-refractivity contribution in [1.29, 1.82) is 0 Å². The van der Waals surface area contributed by atoms with Crippen molar-refractivity contribution in [3.63, 3.8) is 0 Å². The fraction of sp³-hybridized carbons (Fsp3) is 0.438. The number of methoxy groups -OCH3 is 1. The summed E-state index contributed by atoms with van der Waals surface area (Å²) in [6.45, 7) is 20.4. The molecule has 1 aromatic carbocycles. The Hall–Kier alpha value is -3.94. The van der Waals surface area contributed by atoms with Crippen LogP contribution in [-0.2, 0) is 40.0 Å². The Morgan fingerprint density at radius 1 is 0.900 bits per heavy atom. The number of carbonyl (C=O) groups is 4. The van der Waals surface area contributed by atoms with Crippen molar-refractivity contribution in [3.8, 4) is 0 Å². The average molecular weight is 559 g/mol. The van der Waals surface area contributed by atoms with Crippen molar-refractivity contribution in [2.24, 2.45) is 5.92 Å². The molecule has 0 saturated carbocycles. The molecule has 0 saturated heterocycles. The molecule has 1 N–H and O–H groups in total. The number of allylic oxidation sites excluding steroid dienone is 1. The first-order chi connectivity index (χ1) is 18.8. The van der Waals surface area contributed by atoms with Gasteiger partial charge in [-0.05, 0) is 45.1 Å². The van der Waals surface area contributed by atoms with Crippen molar-refractivity contribution < 1.29 is 38.5 Å². The van der Waals surface area contributed by atoms with Crippen LogP contribution in [0.3, 0.4) is 0 Å². The maximum Gasteiger partial charge on any atom is 0.333 e. The molecule has 1 atom stereocenters. The number of hydrogen-bond donors (Lipinski definition) is 1. The fourth-order valence-corrected chi connectivity index (χ4v) is 2.65.